The van der Waals surface area contributed by atoms with Crippen molar-refractivity contribution in [2.24, 2.45) is 23.6 Å². The van der Waals surface area contributed by atoms with Gasteiger partial charge in [0.1, 0.15) is 0 Å². The Hall–Kier alpha value is -3.86. The number of nitrogens with zero attached hydrogens (tertiary/aromatic N) is 6. The number of amides is 1. The third-order valence-electron chi connectivity index (χ3n) is 3.93. The lowest BCUT2D eigenvalue weighted by Crippen LogP contribution is -2.27. The third-order valence-corrected chi connectivity index (χ3v) is 4.20. The Kier molecular flexibility index (Phi) is 5.79. The van der Waals surface area contributed by atoms with Crippen LogP contribution in [0.5, 0.6) is 0 Å². The molecule has 0 aliphatic rings. The maximum Gasteiger partial charge on any atom is 0.248 e. The molecular formula is C18H19N9OS. The van der Waals surface area contributed by atoms with Crippen molar-refractivity contribution in [3.8, 4) is 11.4 Å². The van der Waals surface area contributed by atoms with Gasteiger partial charge < -0.3 is 21.4 Å². The fourth-order valence-corrected chi connectivity index (χ4v) is 2.42. The second-order valence-electron chi connectivity index (χ2n) is 6.06. The van der Waals surface area contributed by atoms with E-state index in [1.165, 1.54) is 11.2 Å². The molecule has 0 bridgehead atoms. The maximum atomic E-state index is 11.2. The highest BCUT2D eigenvalue weighted by molar-refractivity contribution is 7.80. The van der Waals surface area contributed by atoms with Crippen LogP contribution >= 0.6 is 12.2 Å². The van der Waals surface area contributed by atoms with Crippen molar-refractivity contribution in [1.82, 2.24) is 24.5 Å². The summed E-state index contributed by atoms with van der Waals surface area (Å²) in [5.41, 5.74) is 13.9. The molecule has 29 heavy (non-hydrogen) atoms. The Morgan fingerprint density at radius 2 is 2.00 bits per heavy atom. The van der Waals surface area contributed by atoms with Gasteiger partial charge in [-0.15, -0.1) is 0 Å². The first kappa shape index (κ1) is 19.9. The number of thiocarbonyl (C=S) groups is 1. The zero-order valence-electron chi connectivity index (χ0n) is 15.8. The van der Waals surface area contributed by atoms with E-state index in [-0.39, 0.29) is 5.11 Å². The van der Waals surface area contributed by atoms with Crippen molar-refractivity contribution in [2.45, 2.75) is 0 Å². The molecule has 0 unspecified atom stereocenters. The van der Waals surface area contributed by atoms with E-state index < -0.39 is 5.91 Å². The number of carbonyl (C=O) groups excluding carboxylic acids is 1. The van der Waals surface area contributed by atoms with Gasteiger partial charge in [0.15, 0.2) is 5.11 Å². The SMILES string of the molecule is CN(/N=C/c1cc(-c2cncn2C)nc(Nc2ccc(C(N)=O)cc2)n1)C(N)=S. The molecule has 3 rings (SSSR count). The standard InChI is InChI=1S/C18H19N9OS/c1-26-10-21-9-15(26)14-7-13(8-22-27(2)17(20)29)24-18(25-14)23-12-5-3-11(4-6-12)16(19)28/h3-10H,1-2H3,(H2,19,28)(H2,20,29)(H,23,24,25)/b22-8+. The van der Waals surface area contributed by atoms with Gasteiger partial charge in [-0.1, -0.05) is 0 Å². The molecule has 1 amide bonds. The zero-order valence-corrected chi connectivity index (χ0v) is 16.6. The largest absolute Gasteiger partial charge is 0.375 e. The van der Waals surface area contributed by atoms with Gasteiger partial charge >= 0.3 is 0 Å². The summed E-state index contributed by atoms with van der Waals surface area (Å²) < 4.78 is 1.84. The number of benzene rings is 1. The van der Waals surface area contributed by atoms with Crippen LogP contribution in [0.2, 0.25) is 0 Å². The second-order valence-corrected chi connectivity index (χ2v) is 6.48. The van der Waals surface area contributed by atoms with Crippen LogP contribution in [-0.2, 0) is 7.05 Å². The average Bonchev–Trinajstić information content (AvgIpc) is 3.12. The summed E-state index contributed by atoms with van der Waals surface area (Å²) >= 11 is 4.88. The van der Waals surface area contributed by atoms with Crippen molar-refractivity contribution in [1.29, 1.82) is 0 Å². The Morgan fingerprint density at radius 1 is 1.28 bits per heavy atom. The smallest absolute Gasteiger partial charge is 0.248 e. The molecule has 0 aliphatic carbocycles. The average molecular weight is 409 g/mol. The highest BCUT2D eigenvalue weighted by atomic mass is 32.1. The summed E-state index contributed by atoms with van der Waals surface area (Å²) in [6.07, 6.45) is 4.92. The van der Waals surface area contributed by atoms with Gasteiger partial charge in [-0.05, 0) is 42.5 Å². The number of nitrogens with one attached hydrogen (secondary N) is 1. The van der Waals surface area contributed by atoms with Crippen LogP contribution in [0.3, 0.4) is 0 Å². The normalized spacial score (nSPS) is 10.8. The summed E-state index contributed by atoms with van der Waals surface area (Å²) in [7, 11) is 3.51. The number of primary amides is 1. The summed E-state index contributed by atoms with van der Waals surface area (Å²) in [4.78, 5) is 24.4. The number of hydrogen-bond acceptors (Lipinski definition) is 7. The molecule has 2 aromatic heterocycles. The number of hydrazone groups is 1. The van der Waals surface area contributed by atoms with Crippen LogP contribution in [0, 0.1) is 0 Å². The molecule has 0 radical (unpaired) electrons. The number of rotatable bonds is 6. The van der Waals surface area contributed by atoms with Crippen molar-refractivity contribution in [3.63, 3.8) is 0 Å². The number of aryl methyl sites for hydroxylation is 1. The molecule has 0 aliphatic heterocycles. The van der Waals surface area contributed by atoms with Gasteiger partial charge in [0.25, 0.3) is 0 Å². The molecule has 2 heterocycles. The number of aromatic nitrogens is 4. The predicted molar refractivity (Wildman–Crippen MR) is 115 cm³/mol. The van der Waals surface area contributed by atoms with Crippen molar-refractivity contribution in [3.05, 3.63) is 54.1 Å². The van der Waals surface area contributed by atoms with Gasteiger partial charge in [-0.25, -0.2) is 20.0 Å². The van der Waals surface area contributed by atoms with Gasteiger partial charge in [-0.3, -0.25) is 4.79 Å². The molecule has 148 valence electrons. The van der Waals surface area contributed by atoms with E-state index in [2.05, 4.69) is 25.4 Å². The minimum Gasteiger partial charge on any atom is -0.375 e. The van der Waals surface area contributed by atoms with E-state index in [4.69, 9.17) is 23.7 Å². The van der Waals surface area contributed by atoms with Crippen LogP contribution in [0.1, 0.15) is 16.1 Å². The van der Waals surface area contributed by atoms with Crippen LogP contribution in [0.15, 0.2) is 48.0 Å². The monoisotopic (exact) mass is 409 g/mol. The predicted octanol–water partition coefficient (Wildman–Crippen LogP) is 1.23. The molecule has 11 heteroatoms. The molecule has 0 saturated heterocycles. The Balaban J connectivity index is 1.96. The lowest BCUT2D eigenvalue weighted by molar-refractivity contribution is 0.100. The molecular weight excluding hydrogens is 390 g/mol. The number of carbonyl (C=O) groups is 1. The first-order chi connectivity index (χ1) is 13.8. The summed E-state index contributed by atoms with van der Waals surface area (Å²) in [6, 6.07) is 8.45. The van der Waals surface area contributed by atoms with Crippen molar-refractivity contribution in [2.75, 3.05) is 12.4 Å². The fourth-order valence-electron chi connectivity index (χ4n) is 2.37. The van der Waals surface area contributed by atoms with Crippen LogP contribution in [0.4, 0.5) is 11.6 Å². The molecule has 1 aromatic carbocycles. The van der Waals surface area contributed by atoms with Gasteiger partial charge in [0.2, 0.25) is 11.9 Å². The minimum atomic E-state index is -0.494. The Bertz CT molecular complexity index is 1080. The molecule has 10 nitrogen and oxygen atoms in total. The molecule has 0 fully saturated rings. The molecule has 0 spiro atoms. The fraction of sp³-hybridized carbons (Fsp3) is 0.111. The molecule has 5 N–H and O–H groups in total. The van der Waals surface area contributed by atoms with Crippen LogP contribution in [0.25, 0.3) is 11.4 Å². The number of imidazole rings is 1. The third kappa shape index (κ3) is 4.90. The first-order valence-electron chi connectivity index (χ1n) is 8.43. The van der Waals surface area contributed by atoms with Crippen LogP contribution < -0.4 is 16.8 Å². The minimum absolute atomic E-state index is 0.134. The zero-order chi connectivity index (χ0) is 21.0. The molecule has 3 aromatic rings. The van der Waals surface area contributed by atoms with Gasteiger partial charge in [0, 0.05) is 25.3 Å². The number of anilines is 2. The maximum absolute atomic E-state index is 11.2. The van der Waals surface area contributed by atoms with E-state index in [0.717, 1.165) is 5.69 Å². The topological polar surface area (TPSA) is 140 Å². The Labute approximate surface area is 172 Å². The van der Waals surface area contributed by atoms with Gasteiger partial charge in [0.05, 0.1) is 35.8 Å². The van der Waals surface area contributed by atoms with E-state index >= 15 is 0 Å². The molecule has 0 atom stereocenters. The van der Waals surface area contributed by atoms with E-state index in [0.29, 0.717) is 28.6 Å². The highest BCUT2D eigenvalue weighted by Gasteiger charge is 2.10. The van der Waals surface area contributed by atoms with E-state index in [1.54, 1.807) is 49.9 Å². The van der Waals surface area contributed by atoms with E-state index in [1.807, 2.05) is 11.6 Å². The van der Waals surface area contributed by atoms with Gasteiger partial charge in [-0.2, -0.15) is 5.10 Å². The number of nitrogens with two attached hydrogens (primary N) is 2. The van der Waals surface area contributed by atoms with Crippen molar-refractivity contribution < 1.29 is 4.79 Å². The van der Waals surface area contributed by atoms with Crippen LogP contribution in [-0.4, -0.2) is 48.8 Å². The lowest BCUT2D eigenvalue weighted by Gasteiger charge is -2.11. The molecule has 0 saturated carbocycles. The quantitative estimate of drug-likeness (QED) is 0.314. The van der Waals surface area contributed by atoms with Crippen molar-refractivity contribution >= 4 is 41.1 Å². The first-order valence-corrected chi connectivity index (χ1v) is 8.84. The summed E-state index contributed by atoms with van der Waals surface area (Å²) in [5.74, 6) is -0.151. The van der Waals surface area contributed by atoms with E-state index in [9.17, 15) is 4.79 Å². The summed E-state index contributed by atoms with van der Waals surface area (Å²) in [5, 5.41) is 8.77. The summed E-state index contributed by atoms with van der Waals surface area (Å²) in [6.45, 7) is 0. The lowest BCUT2D eigenvalue weighted by atomic mass is 10.2. The Morgan fingerprint density at radius 3 is 2.59 bits per heavy atom. The number of hydrogen-bond donors (Lipinski definition) is 3. The highest BCUT2D eigenvalue weighted by Crippen LogP contribution is 2.20. The second kappa shape index (κ2) is 8.44.